The van der Waals surface area contributed by atoms with Gasteiger partial charge >= 0.3 is 0 Å². The minimum atomic E-state index is 0.0985. The van der Waals surface area contributed by atoms with E-state index in [0.717, 1.165) is 49.5 Å². The van der Waals surface area contributed by atoms with Crippen molar-refractivity contribution in [2.45, 2.75) is 77.4 Å². The molecule has 1 saturated carbocycles. The zero-order valence-corrected chi connectivity index (χ0v) is 19.3. The van der Waals surface area contributed by atoms with Gasteiger partial charge in [-0.25, -0.2) is 0 Å². The van der Waals surface area contributed by atoms with Crippen LogP contribution in [0.2, 0.25) is 0 Å². The van der Waals surface area contributed by atoms with Gasteiger partial charge in [-0.3, -0.25) is 9.69 Å². The first-order valence-electron chi connectivity index (χ1n) is 11.9. The monoisotopic (exact) mass is 423 g/mol. The van der Waals surface area contributed by atoms with Crippen LogP contribution in [0.5, 0.6) is 5.75 Å². The van der Waals surface area contributed by atoms with Crippen LogP contribution in [-0.2, 0) is 6.54 Å². The van der Waals surface area contributed by atoms with E-state index in [2.05, 4.69) is 46.8 Å². The summed E-state index contributed by atoms with van der Waals surface area (Å²) in [6, 6.07) is 11.2. The number of ether oxygens (including phenoxy) is 1. The highest BCUT2D eigenvalue weighted by molar-refractivity contribution is 5.95. The summed E-state index contributed by atoms with van der Waals surface area (Å²) in [4.78, 5) is 15.5. The molecule has 5 nitrogen and oxygen atoms in total. The predicted octanol–water partition coefficient (Wildman–Crippen LogP) is 5.01. The summed E-state index contributed by atoms with van der Waals surface area (Å²) in [6.07, 6.45) is 8.43. The van der Waals surface area contributed by atoms with Gasteiger partial charge in [0.15, 0.2) is 0 Å². The number of hydrogen-bond acceptors (Lipinski definition) is 3. The molecule has 1 aromatic heterocycles. The highest BCUT2D eigenvalue weighted by Crippen LogP contribution is 2.32. The molecule has 2 fully saturated rings. The van der Waals surface area contributed by atoms with E-state index in [0.29, 0.717) is 6.04 Å². The molecule has 1 saturated heterocycles. The Bertz CT molecular complexity index is 890. The highest BCUT2D eigenvalue weighted by Gasteiger charge is 2.25. The third kappa shape index (κ3) is 5.15. The fraction of sp³-hybridized carbons (Fsp3) is 0.577. The second-order valence-electron chi connectivity index (χ2n) is 9.32. The average Bonchev–Trinajstić information content (AvgIpc) is 3.10. The molecule has 168 valence electrons. The Morgan fingerprint density at radius 3 is 2.52 bits per heavy atom. The molecular formula is C26H37N3O2. The fourth-order valence-corrected chi connectivity index (χ4v) is 5.44. The molecule has 0 bridgehead atoms. The lowest BCUT2D eigenvalue weighted by Gasteiger charge is -2.32. The van der Waals surface area contributed by atoms with Crippen LogP contribution >= 0.6 is 0 Å². The van der Waals surface area contributed by atoms with Crippen LogP contribution in [0.4, 0.5) is 0 Å². The number of aryl methyl sites for hydroxylation is 1. The molecular weight excluding hydrogens is 386 g/mol. The van der Waals surface area contributed by atoms with E-state index >= 15 is 0 Å². The second-order valence-corrected chi connectivity index (χ2v) is 9.32. The molecule has 4 rings (SSSR count). The van der Waals surface area contributed by atoms with Gasteiger partial charge < -0.3 is 14.6 Å². The fourth-order valence-electron chi connectivity index (χ4n) is 5.44. The number of nitrogens with one attached hydrogen (secondary N) is 1. The summed E-state index contributed by atoms with van der Waals surface area (Å²) in [5.41, 5.74) is 4.50. The maximum Gasteiger partial charge on any atom is 0.253 e. The Balaban J connectivity index is 1.32. The number of benzene rings is 1. The van der Waals surface area contributed by atoms with E-state index in [9.17, 15) is 4.79 Å². The maximum absolute atomic E-state index is 13.1. The lowest BCUT2D eigenvalue weighted by molar-refractivity contribution is 0.0908. The number of nitrogens with zero attached hydrogens (tertiary/aromatic N) is 2. The van der Waals surface area contributed by atoms with Crippen molar-refractivity contribution in [2.24, 2.45) is 0 Å². The maximum atomic E-state index is 13.1. The number of amides is 1. The number of aromatic nitrogens is 1. The van der Waals surface area contributed by atoms with Crippen LogP contribution in [0, 0.1) is 13.8 Å². The van der Waals surface area contributed by atoms with Gasteiger partial charge in [-0.2, -0.15) is 0 Å². The Kier molecular flexibility index (Phi) is 7.01. The SMILES string of the molecule is COc1cccc(CN2CCC(NC(=O)c3cc(C)n(C4CCCCC4)c3C)CC2)c1. The third-order valence-corrected chi connectivity index (χ3v) is 7.13. The molecule has 2 heterocycles. The van der Waals surface area contributed by atoms with Crippen LogP contribution < -0.4 is 10.1 Å². The summed E-state index contributed by atoms with van der Waals surface area (Å²) in [7, 11) is 1.71. The van der Waals surface area contributed by atoms with Gasteiger partial charge in [0, 0.05) is 43.1 Å². The van der Waals surface area contributed by atoms with Crippen molar-refractivity contribution in [1.29, 1.82) is 0 Å². The molecule has 0 unspecified atom stereocenters. The second kappa shape index (κ2) is 9.90. The zero-order chi connectivity index (χ0) is 21.8. The number of carbonyl (C=O) groups is 1. The topological polar surface area (TPSA) is 46.5 Å². The van der Waals surface area contributed by atoms with Gasteiger partial charge in [-0.05, 0) is 63.3 Å². The minimum Gasteiger partial charge on any atom is -0.497 e. The Hall–Kier alpha value is -2.27. The van der Waals surface area contributed by atoms with Crippen LogP contribution in [-0.4, -0.2) is 41.6 Å². The Morgan fingerprint density at radius 2 is 1.81 bits per heavy atom. The van der Waals surface area contributed by atoms with Crippen molar-refractivity contribution < 1.29 is 9.53 Å². The molecule has 1 amide bonds. The van der Waals surface area contributed by atoms with Crippen LogP contribution in [0.1, 0.15) is 78.3 Å². The number of methoxy groups -OCH3 is 1. The minimum absolute atomic E-state index is 0.0985. The number of likely N-dealkylation sites (tertiary alicyclic amines) is 1. The van der Waals surface area contributed by atoms with E-state index < -0.39 is 0 Å². The van der Waals surface area contributed by atoms with Crippen molar-refractivity contribution in [3.63, 3.8) is 0 Å². The molecule has 1 aliphatic heterocycles. The molecule has 31 heavy (non-hydrogen) atoms. The number of carbonyl (C=O) groups excluding carboxylic acids is 1. The molecule has 0 spiro atoms. The smallest absolute Gasteiger partial charge is 0.253 e. The summed E-state index contributed by atoms with van der Waals surface area (Å²) in [6.45, 7) is 7.20. The van der Waals surface area contributed by atoms with Crippen LogP contribution in [0.15, 0.2) is 30.3 Å². The Labute approximate surface area is 186 Å². The van der Waals surface area contributed by atoms with Gasteiger partial charge in [-0.1, -0.05) is 31.4 Å². The average molecular weight is 424 g/mol. The van der Waals surface area contributed by atoms with E-state index in [1.807, 2.05) is 12.1 Å². The van der Waals surface area contributed by atoms with Crippen molar-refractivity contribution in [3.05, 3.63) is 52.8 Å². The molecule has 1 aliphatic carbocycles. The van der Waals surface area contributed by atoms with Crippen molar-refractivity contribution in [2.75, 3.05) is 20.2 Å². The molecule has 2 aromatic rings. The van der Waals surface area contributed by atoms with Gasteiger partial charge in [0.2, 0.25) is 0 Å². The summed E-state index contributed by atoms with van der Waals surface area (Å²) in [5, 5.41) is 3.32. The molecule has 1 aromatic carbocycles. The number of piperidine rings is 1. The summed E-state index contributed by atoms with van der Waals surface area (Å²) < 4.78 is 7.76. The zero-order valence-electron chi connectivity index (χ0n) is 19.3. The molecule has 0 atom stereocenters. The van der Waals surface area contributed by atoms with Crippen molar-refractivity contribution in [3.8, 4) is 5.75 Å². The number of rotatable bonds is 6. The first-order chi connectivity index (χ1) is 15.0. The van der Waals surface area contributed by atoms with Gasteiger partial charge in [0.05, 0.1) is 12.7 Å². The van der Waals surface area contributed by atoms with Crippen LogP contribution in [0.25, 0.3) is 0 Å². The van der Waals surface area contributed by atoms with Crippen molar-refractivity contribution >= 4 is 5.91 Å². The van der Waals surface area contributed by atoms with Crippen LogP contribution in [0.3, 0.4) is 0 Å². The molecule has 1 N–H and O–H groups in total. The lowest BCUT2D eigenvalue weighted by Crippen LogP contribution is -2.44. The highest BCUT2D eigenvalue weighted by atomic mass is 16.5. The largest absolute Gasteiger partial charge is 0.497 e. The van der Waals surface area contributed by atoms with E-state index in [-0.39, 0.29) is 11.9 Å². The molecule has 0 radical (unpaired) electrons. The lowest BCUT2D eigenvalue weighted by atomic mass is 9.95. The quantitative estimate of drug-likeness (QED) is 0.710. The van der Waals surface area contributed by atoms with E-state index in [4.69, 9.17) is 4.74 Å². The standard InChI is InChI=1S/C26H37N3O2/c1-19-16-25(20(2)29(19)23-9-5-4-6-10-23)26(30)27-22-12-14-28(15-13-22)18-21-8-7-11-24(17-21)31-3/h7-8,11,16-17,22-23H,4-6,9-10,12-15,18H2,1-3H3,(H,27,30). The van der Waals surface area contributed by atoms with Gasteiger partial charge in [0.25, 0.3) is 5.91 Å². The number of hydrogen-bond donors (Lipinski definition) is 1. The third-order valence-electron chi connectivity index (χ3n) is 7.13. The van der Waals surface area contributed by atoms with Crippen molar-refractivity contribution in [1.82, 2.24) is 14.8 Å². The van der Waals surface area contributed by atoms with Gasteiger partial charge in [-0.15, -0.1) is 0 Å². The summed E-state index contributed by atoms with van der Waals surface area (Å²) in [5.74, 6) is 1.01. The first-order valence-corrected chi connectivity index (χ1v) is 11.9. The first kappa shape index (κ1) is 21.9. The van der Waals surface area contributed by atoms with E-state index in [1.165, 1.54) is 43.4 Å². The Morgan fingerprint density at radius 1 is 1.06 bits per heavy atom. The van der Waals surface area contributed by atoms with Gasteiger partial charge in [0.1, 0.15) is 5.75 Å². The molecule has 5 heteroatoms. The van der Waals surface area contributed by atoms with E-state index in [1.54, 1.807) is 7.11 Å². The normalized spacial score (nSPS) is 18.8. The molecule has 2 aliphatic rings. The predicted molar refractivity (Wildman–Crippen MR) is 125 cm³/mol. The summed E-state index contributed by atoms with van der Waals surface area (Å²) >= 11 is 0.